The Labute approximate surface area is 325 Å². The van der Waals surface area contributed by atoms with Gasteiger partial charge in [-0.15, -0.1) is 0 Å². The molecule has 0 aliphatic carbocycles. The maximum absolute atomic E-state index is 15.4. The molecule has 0 N–H and O–H groups in total. The lowest BCUT2D eigenvalue weighted by atomic mass is 9.65. The van der Waals surface area contributed by atoms with Crippen LogP contribution in [0.3, 0.4) is 0 Å². The molecule has 0 bridgehead atoms. The van der Waals surface area contributed by atoms with E-state index >= 15 is 4.57 Å². The summed E-state index contributed by atoms with van der Waals surface area (Å²) in [7, 11) is -3.16. The predicted octanol–water partition coefficient (Wildman–Crippen LogP) is 11.9. The lowest BCUT2D eigenvalue weighted by Gasteiger charge is -2.37. The highest BCUT2D eigenvalue weighted by molar-refractivity contribution is 7.85. The molecule has 2 heteroatoms. The number of rotatable bonds is 10. The van der Waals surface area contributed by atoms with Crippen molar-refractivity contribution in [1.82, 2.24) is 0 Å². The molecule has 0 radical (unpaired) electrons. The van der Waals surface area contributed by atoms with Gasteiger partial charge in [0, 0.05) is 15.9 Å². The molecular weight excluding hydrogens is 684 g/mol. The standard InChI is InChI=1S/C53H43OP/c1-40-23-29-45(30-24-40)53(46-31-25-41(2)26-32-46,47-33-27-42(28-34-47)39-52(43-15-7-3-8-16-43)44-17-9-4-10-18-44)48-35-37-51(38-36-48)55(54,49-19-11-5-12-20-49)50-21-13-6-14-22-50/h3-39H,1-2H3. The van der Waals surface area contributed by atoms with Crippen LogP contribution in [0.5, 0.6) is 0 Å². The van der Waals surface area contributed by atoms with Crippen molar-refractivity contribution in [2.75, 3.05) is 0 Å². The highest BCUT2D eigenvalue weighted by atomic mass is 31.2. The van der Waals surface area contributed by atoms with Gasteiger partial charge in [0.25, 0.3) is 0 Å². The van der Waals surface area contributed by atoms with Gasteiger partial charge in [-0.05, 0) is 64.4 Å². The van der Waals surface area contributed by atoms with Crippen molar-refractivity contribution in [1.29, 1.82) is 0 Å². The SMILES string of the molecule is Cc1ccc(C(c2ccc(C)cc2)(c2ccc(C=C(c3ccccc3)c3ccccc3)cc2)c2ccc(P(=O)(c3ccccc3)c3ccccc3)cc2)cc1. The van der Waals surface area contributed by atoms with E-state index in [1.54, 1.807) is 0 Å². The van der Waals surface area contributed by atoms with E-state index in [0.717, 1.165) is 32.6 Å². The molecule has 0 spiro atoms. The average Bonchev–Trinajstić information content (AvgIpc) is 3.26. The van der Waals surface area contributed by atoms with E-state index in [2.05, 4.69) is 178 Å². The van der Waals surface area contributed by atoms with Crippen LogP contribution < -0.4 is 15.9 Å². The fourth-order valence-corrected chi connectivity index (χ4v) is 10.5. The molecule has 8 rings (SSSR count). The topological polar surface area (TPSA) is 17.1 Å². The molecule has 1 nitrogen and oxygen atoms in total. The third-order valence-electron chi connectivity index (χ3n) is 10.7. The third kappa shape index (κ3) is 6.96. The van der Waals surface area contributed by atoms with Gasteiger partial charge in [-0.2, -0.15) is 0 Å². The summed E-state index contributed by atoms with van der Waals surface area (Å²) in [6.07, 6.45) is 2.29. The quantitative estimate of drug-likeness (QED) is 0.0779. The number of benzene rings is 8. The maximum atomic E-state index is 15.4. The minimum Gasteiger partial charge on any atom is -0.309 e. The Morgan fingerprint density at radius 3 is 1.07 bits per heavy atom. The Morgan fingerprint density at radius 2 is 0.691 bits per heavy atom. The molecule has 266 valence electrons. The number of hydrogen-bond acceptors (Lipinski definition) is 1. The van der Waals surface area contributed by atoms with Crippen molar-refractivity contribution < 1.29 is 4.57 Å². The van der Waals surface area contributed by atoms with E-state index in [0.29, 0.717) is 0 Å². The lowest BCUT2D eigenvalue weighted by Crippen LogP contribution is -2.32. The van der Waals surface area contributed by atoms with Gasteiger partial charge in [0.05, 0.1) is 5.41 Å². The zero-order chi connectivity index (χ0) is 37.7. The zero-order valence-electron chi connectivity index (χ0n) is 31.2. The minimum absolute atomic E-state index is 0.659. The van der Waals surface area contributed by atoms with Crippen molar-refractivity contribution in [2.24, 2.45) is 0 Å². The van der Waals surface area contributed by atoms with Gasteiger partial charge in [0.15, 0.2) is 7.14 Å². The summed E-state index contributed by atoms with van der Waals surface area (Å²) in [5, 5.41) is 2.46. The van der Waals surface area contributed by atoms with E-state index in [1.807, 2.05) is 60.7 Å². The molecule has 0 aromatic heterocycles. The summed E-state index contributed by atoms with van der Waals surface area (Å²) in [6, 6.07) is 76.5. The smallest absolute Gasteiger partial charge is 0.171 e. The second-order valence-electron chi connectivity index (χ2n) is 14.2. The molecule has 0 amide bonds. The first kappa shape index (κ1) is 35.7. The van der Waals surface area contributed by atoms with Crippen LogP contribution in [0.15, 0.2) is 218 Å². The first-order valence-corrected chi connectivity index (χ1v) is 20.6. The normalized spacial score (nSPS) is 11.5. The van der Waals surface area contributed by atoms with Crippen molar-refractivity contribution in [3.05, 3.63) is 268 Å². The first-order valence-electron chi connectivity index (χ1n) is 18.9. The zero-order valence-corrected chi connectivity index (χ0v) is 32.1. The van der Waals surface area contributed by atoms with Gasteiger partial charge in [-0.25, -0.2) is 0 Å². The number of hydrogen-bond donors (Lipinski definition) is 0. The Bertz CT molecular complexity index is 2430. The fraction of sp³-hybridized carbons (Fsp3) is 0.0566. The third-order valence-corrected chi connectivity index (χ3v) is 13.8. The molecule has 0 aliphatic heterocycles. The van der Waals surface area contributed by atoms with E-state index in [9.17, 15) is 0 Å². The van der Waals surface area contributed by atoms with Crippen LogP contribution in [0.1, 0.15) is 50.1 Å². The van der Waals surface area contributed by atoms with Crippen molar-refractivity contribution in [3.63, 3.8) is 0 Å². The van der Waals surface area contributed by atoms with Crippen LogP contribution in [0.4, 0.5) is 0 Å². The summed E-state index contributed by atoms with van der Waals surface area (Å²) >= 11 is 0. The monoisotopic (exact) mass is 726 g/mol. The Morgan fingerprint density at radius 1 is 0.382 bits per heavy atom. The molecule has 0 saturated carbocycles. The van der Waals surface area contributed by atoms with Crippen molar-refractivity contribution in [3.8, 4) is 0 Å². The predicted molar refractivity (Wildman–Crippen MR) is 233 cm³/mol. The Balaban J connectivity index is 1.32. The molecule has 0 saturated heterocycles. The first-order chi connectivity index (χ1) is 27.0. The second kappa shape index (κ2) is 15.6. The molecule has 0 aliphatic rings. The minimum atomic E-state index is -3.16. The molecule has 0 fully saturated rings. The Kier molecular flexibility index (Phi) is 10.1. The van der Waals surface area contributed by atoms with Crippen LogP contribution in [-0.2, 0) is 9.98 Å². The van der Waals surface area contributed by atoms with Crippen LogP contribution in [0.2, 0.25) is 0 Å². The molecule has 55 heavy (non-hydrogen) atoms. The molecule has 0 heterocycles. The fourth-order valence-electron chi connectivity index (χ4n) is 7.82. The van der Waals surface area contributed by atoms with E-state index in [4.69, 9.17) is 0 Å². The van der Waals surface area contributed by atoms with Gasteiger partial charge in [-0.3, -0.25) is 0 Å². The van der Waals surface area contributed by atoms with Gasteiger partial charge in [0.2, 0.25) is 0 Å². The summed E-state index contributed by atoms with van der Waals surface area (Å²) in [5.41, 5.74) is 11.0. The van der Waals surface area contributed by atoms with E-state index in [-0.39, 0.29) is 0 Å². The van der Waals surface area contributed by atoms with Crippen molar-refractivity contribution in [2.45, 2.75) is 19.3 Å². The summed E-state index contributed by atoms with van der Waals surface area (Å²) in [6.45, 7) is 4.27. The van der Waals surface area contributed by atoms with Crippen LogP contribution in [0, 0.1) is 13.8 Å². The van der Waals surface area contributed by atoms with Crippen molar-refractivity contribution >= 4 is 34.7 Å². The molecular formula is C53H43OP. The lowest BCUT2D eigenvalue weighted by molar-refractivity contribution is 0.592. The van der Waals surface area contributed by atoms with Gasteiger partial charge >= 0.3 is 0 Å². The van der Waals surface area contributed by atoms with Crippen LogP contribution >= 0.6 is 7.14 Å². The van der Waals surface area contributed by atoms with Gasteiger partial charge < -0.3 is 4.57 Å². The molecule has 0 atom stereocenters. The average molecular weight is 727 g/mol. The van der Waals surface area contributed by atoms with E-state index in [1.165, 1.54) is 39.0 Å². The summed E-state index contributed by atoms with van der Waals surface area (Å²) < 4.78 is 15.4. The van der Waals surface area contributed by atoms with Crippen LogP contribution in [0.25, 0.3) is 11.6 Å². The molecule has 8 aromatic carbocycles. The Hall–Kier alpha value is -6.27. The number of aryl methyl sites for hydroxylation is 2. The maximum Gasteiger partial charge on any atom is 0.171 e. The van der Waals surface area contributed by atoms with Crippen LogP contribution in [-0.4, -0.2) is 0 Å². The van der Waals surface area contributed by atoms with E-state index < -0.39 is 12.6 Å². The second-order valence-corrected chi connectivity index (χ2v) is 17.0. The largest absolute Gasteiger partial charge is 0.309 e. The summed E-state index contributed by atoms with van der Waals surface area (Å²) in [5.74, 6) is 0. The highest BCUT2D eigenvalue weighted by Crippen LogP contribution is 2.47. The van der Waals surface area contributed by atoms with Gasteiger partial charge in [-0.1, -0.05) is 230 Å². The molecule has 8 aromatic rings. The van der Waals surface area contributed by atoms with Gasteiger partial charge in [0.1, 0.15) is 0 Å². The highest BCUT2D eigenvalue weighted by Gasteiger charge is 2.39. The summed E-state index contributed by atoms with van der Waals surface area (Å²) in [4.78, 5) is 0. The molecule has 0 unspecified atom stereocenters.